The molecule has 0 aliphatic heterocycles. The Hall–Kier alpha value is -3.79. The van der Waals surface area contributed by atoms with E-state index < -0.39 is 21.8 Å². The third kappa shape index (κ3) is 4.38. The summed E-state index contributed by atoms with van der Waals surface area (Å²) >= 11 is 0. The summed E-state index contributed by atoms with van der Waals surface area (Å²) in [5, 5.41) is 2.74. The summed E-state index contributed by atoms with van der Waals surface area (Å²) in [6.45, 7) is 0. The number of para-hydroxylation sites is 1. The Labute approximate surface area is 180 Å². The Bertz CT molecular complexity index is 1250. The molecule has 31 heavy (non-hydrogen) atoms. The van der Waals surface area contributed by atoms with Gasteiger partial charge in [-0.25, -0.2) is 8.42 Å². The molecule has 0 radical (unpaired) electrons. The second-order valence-electron chi connectivity index (χ2n) is 6.71. The summed E-state index contributed by atoms with van der Waals surface area (Å²) in [4.78, 5) is 24.3. The average Bonchev–Trinajstić information content (AvgIpc) is 3.16. The zero-order valence-corrected chi connectivity index (χ0v) is 18.0. The van der Waals surface area contributed by atoms with Crippen LogP contribution in [-0.4, -0.2) is 39.0 Å². The summed E-state index contributed by atoms with van der Waals surface area (Å²) in [7, 11) is 0.315. The SMILES string of the molecule is COc1cccc(NC(=O)c2ccccc2N(C)S(=O)(=O)c2cc(C(N)=O)n(C)c2)c1. The number of rotatable bonds is 7. The number of hydrogen-bond acceptors (Lipinski definition) is 5. The van der Waals surface area contributed by atoms with E-state index in [1.165, 1.54) is 50.2 Å². The predicted molar refractivity (Wildman–Crippen MR) is 117 cm³/mol. The third-order valence-electron chi connectivity index (χ3n) is 4.71. The molecular formula is C21H22N4O5S. The minimum atomic E-state index is -4.06. The molecule has 3 aromatic rings. The molecule has 3 N–H and O–H groups in total. The van der Waals surface area contributed by atoms with Crippen molar-refractivity contribution in [2.75, 3.05) is 23.8 Å². The highest BCUT2D eigenvalue weighted by Gasteiger charge is 2.27. The fraction of sp³-hybridized carbons (Fsp3) is 0.143. The molecule has 3 rings (SSSR count). The molecule has 0 saturated heterocycles. The van der Waals surface area contributed by atoms with Gasteiger partial charge in [0, 0.05) is 32.0 Å². The maximum Gasteiger partial charge on any atom is 0.265 e. The highest BCUT2D eigenvalue weighted by molar-refractivity contribution is 7.92. The highest BCUT2D eigenvalue weighted by atomic mass is 32.2. The second-order valence-corrected chi connectivity index (χ2v) is 8.68. The lowest BCUT2D eigenvalue weighted by atomic mass is 10.1. The first-order valence-corrected chi connectivity index (χ1v) is 10.6. The summed E-state index contributed by atoms with van der Waals surface area (Å²) in [6.07, 6.45) is 1.30. The highest BCUT2D eigenvalue weighted by Crippen LogP contribution is 2.27. The largest absolute Gasteiger partial charge is 0.497 e. The van der Waals surface area contributed by atoms with E-state index in [-0.39, 0.29) is 21.8 Å². The zero-order chi connectivity index (χ0) is 22.8. The van der Waals surface area contributed by atoms with Crippen molar-refractivity contribution in [2.24, 2.45) is 12.8 Å². The van der Waals surface area contributed by atoms with Gasteiger partial charge in [0.25, 0.3) is 21.8 Å². The lowest BCUT2D eigenvalue weighted by Gasteiger charge is -2.21. The van der Waals surface area contributed by atoms with Crippen LogP contribution in [-0.2, 0) is 17.1 Å². The molecule has 0 fully saturated rings. The standard InChI is InChI=1S/C21H22N4O5S/c1-24-13-16(12-19(24)20(22)26)31(28,29)25(2)18-10-5-4-9-17(18)21(27)23-14-7-6-8-15(11-14)30-3/h4-13H,1-3H3,(H2,22,26)(H,23,27). The molecule has 10 heteroatoms. The first kappa shape index (κ1) is 21.9. The first-order valence-electron chi connectivity index (χ1n) is 9.14. The summed E-state index contributed by atoms with van der Waals surface area (Å²) < 4.78 is 33.8. The zero-order valence-electron chi connectivity index (χ0n) is 17.2. The van der Waals surface area contributed by atoms with Crippen molar-refractivity contribution in [3.63, 3.8) is 0 Å². The number of carbonyl (C=O) groups is 2. The molecule has 9 nitrogen and oxygen atoms in total. The monoisotopic (exact) mass is 442 g/mol. The number of methoxy groups -OCH3 is 1. The second kappa shape index (κ2) is 8.52. The van der Waals surface area contributed by atoms with Crippen LogP contribution in [0.4, 0.5) is 11.4 Å². The van der Waals surface area contributed by atoms with E-state index in [2.05, 4.69) is 5.32 Å². The molecule has 2 aromatic carbocycles. The fourth-order valence-electron chi connectivity index (χ4n) is 3.05. The van der Waals surface area contributed by atoms with Gasteiger partial charge in [-0.2, -0.15) is 0 Å². The number of benzene rings is 2. The van der Waals surface area contributed by atoms with E-state index in [4.69, 9.17) is 10.5 Å². The molecule has 162 valence electrons. The molecule has 0 atom stereocenters. The summed E-state index contributed by atoms with van der Waals surface area (Å²) in [6, 6.07) is 14.3. The normalized spacial score (nSPS) is 11.1. The van der Waals surface area contributed by atoms with Gasteiger partial charge in [-0.3, -0.25) is 13.9 Å². The van der Waals surface area contributed by atoms with E-state index in [0.717, 1.165) is 4.31 Å². The van der Waals surface area contributed by atoms with Crippen LogP contribution in [0.15, 0.2) is 65.7 Å². The lowest BCUT2D eigenvalue weighted by molar-refractivity contribution is 0.0990. The number of anilines is 2. The van der Waals surface area contributed by atoms with Gasteiger partial charge in [-0.15, -0.1) is 0 Å². The molecule has 0 spiro atoms. The topological polar surface area (TPSA) is 124 Å². The maximum absolute atomic E-state index is 13.1. The van der Waals surface area contributed by atoms with Gasteiger partial charge in [-0.1, -0.05) is 18.2 Å². The summed E-state index contributed by atoms with van der Waals surface area (Å²) in [5.41, 5.74) is 6.17. The van der Waals surface area contributed by atoms with Gasteiger partial charge in [0.05, 0.1) is 18.4 Å². The van der Waals surface area contributed by atoms with Crippen LogP contribution >= 0.6 is 0 Å². The number of nitrogens with one attached hydrogen (secondary N) is 1. The number of sulfonamides is 1. The number of aryl methyl sites for hydroxylation is 1. The minimum Gasteiger partial charge on any atom is -0.497 e. The average molecular weight is 442 g/mol. The lowest BCUT2D eigenvalue weighted by Crippen LogP contribution is -2.28. The number of nitrogens with two attached hydrogens (primary N) is 1. The number of hydrogen-bond donors (Lipinski definition) is 2. The van der Waals surface area contributed by atoms with Gasteiger partial charge in [0.1, 0.15) is 16.3 Å². The molecule has 0 aliphatic rings. The minimum absolute atomic E-state index is 0.0519. The molecule has 0 aliphatic carbocycles. The van der Waals surface area contributed by atoms with Crippen molar-refractivity contribution in [1.82, 2.24) is 4.57 Å². The van der Waals surface area contributed by atoms with E-state index in [0.29, 0.717) is 11.4 Å². The number of primary amides is 1. The van der Waals surface area contributed by atoms with Gasteiger partial charge >= 0.3 is 0 Å². The van der Waals surface area contributed by atoms with E-state index in [9.17, 15) is 18.0 Å². The number of amides is 2. The maximum atomic E-state index is 13.1. The van der Waals surface area contributed by atoms with Crippen LogP contribution < -0.4 is 20.1 Å². The van der Waals surface area contributed by atoms with Gasteiger partial charge in [0.2, 0.25) is 0 Å². The van der Waals surface area contributed by atoms with Crippen molar-refractivity contribution in [3.8, 4) is 5.75 Å². The molecule has 0 unspecified atom stereocenters. The molecular weight excluding hydrogens is 420 g/mol. The van der Waals surface area contributed by atoms with Crippen molar-refractivity contribution >= 4 is 33.2 Å². The van der Waals surface area contributed by atoms with Crippen molar-refractivity contribution in [1.29, 1.82) is 0 Å². The number of ether oxygens (including phenoxy) is 1. The van der Waals surface area contributed by atoms with Crippen molar-refractivity contribution in [3.05, 3.63) is 72.1 Å². The predicted octanol–water partition coefficient (Wildman–Crippen LogP) is 2.21. The van der Waals surface area contributed by atoms with Crippen molar-refractivity contribution in [2.45, 2.75) is 4.90 Å². The van der Waals surface area contributed by atoms with Crippen LogP contribution in [0.1, 0.15) is 20.8 Å². The molecule has 2 amide bonds. The number of nitrogens with zero attached hydrogens (tertiary/aromatic N) is 2. The number of carbonyl (C=O) groups excluding carboxylic acids is 2. The molecule has 0 bridgehead atoms. The van der Waals surface area contributed by atoms with E-state index >= 15 is 0 Å². The van der Waals surface area contributed by atoms with Crippen LogP contribution in [0, 0.1) is 0 Å². The Morgan fingerprint density at radius 2 is 1.81 bits per heavy atom. The van der Waals surface area contributed by atoms with Crippen LogP contribution in [0.5, 0.6) is 5.75 Å². The molecule has 1 heterocycles. The van der Waals surface area contributed by atoms with E-state index in [1.807, 2.05) is 0 Å². The van der Waals surface area contributed by atoms with E-state index in [1.54, 1.807) is 36.4 Å². The first-order chi connectivity index (χ1) is 14.6. The third-order valence-corrected chi connectivity index (χ3v) is 6.44. The van der Waals surface area contributed by atoms with Crippen LogP contribution in [0.25, 0.3) is 0 Å². The van der Waals surface area contributed by atoms with Crippen LogP contribution in [0.3, 0.4) is 0 Å². The smallest absolute Gasteiger partial charge is 0.265 e. The Morgan fingerprint density at radius 1 is 1.10 bits per heavy atom. The Morgan fingerprint density at radius 3 is 2.45 bits per heavy atom. The molecule has 0 saturated carbocycles. The quantitative estimate of drug-likeness (QED) is 0.581. The van der Waals surface area contributed by atoms with Gasteiger partial charge < -0.3 is 20.4 Å². The Kier molecular flexibility index (Phi) is 6.02. The van der Waals surface area contributed by atoms with Gasteiger partial charge in [-0.05, 0) is 30.3 Å². The fourth-order valence-corrected chi connectivity index (χ4v) is 4.33. The number of aromatic nitrogens is 1. The molecule has 1 aromatic heterocycles. The summed E-state index contributed by atoms with van der Waals surface area (Å²) in [5.74, 6) is -0.665. The van der Waals surface area contributed by atoms with Crippen molar-refractivity contribution < 1.29 is 22.7 Å². The Balaban J connectivity index is 1.95. The van der Waals surface area contributed by atoms with Crippen LogP contribution in [0.2, 0.25) is 0 Å². The van der Waals surface area contributed by atoms with Gasteiger partial charge in [0.15, 0.2) is 0 Å².